The second kappa shape index (κ2) is 6.06. The van der Waals surface area contributed by atoms with Crippen molar-refractivity contribution >= 4 is 12.9 Å². The topological polar surface area (TPSA) is 35.5 Å². The molecule has 0 saturated heterocycles. The smallest absolute Gasteiger partial charge is 0.305 e. The third-order valence-corrected chi connectivity index (χ3v) is 3.89. The lowest BCUT2D eigenvalue weighted by atomic mass is 10.4. The number of benzene rings is 1. The maximum Gasteiger partial charge on any atom is 0.361 e. The predicted octanol–water partition coefficient (Wildman–Crippen LogP) is 2.97. The highest BCUT2D eigenvalue weighted by atomic mass is 31.2. The fourth-order valence-electron chi connectivity index (χ4n) is 1.18. The molecule has 0 radical (unpaired) electrons. The molecule has 3 nitrogen and oxygen atoms in total. The van der Waals surface area contributed by atoms with Crippen LogP contribution in [-0.4, -0.2) is 13.2 Å². The molecule has 0 aliphatic carbocycles. The highest BCUT2D eigenvalue weighted by molar-refractivity contribution is 7.62. The Morgan fingerprint density at radius 3 is 2.33 bits per heavy atom. The Bertz CT molecular complexity index is 324. The summed E-state index contributed by atoms with van der Waals surface area (Å²) in [5.74, 6) is 0. The van der Waals surface area contributed by atoms with Crippen molar-refractivity contribution in [1.82, 2.24) is 0 Å². The summed E-state index contributed by atoms with van der Waals surface area (Å²) in [6, 6.07) is 9.07. The van der Waals surface area contributed by atoms with Crippen LogP contribution >= 0.6 is 7.60 Å². The van der Waals surface area contributed by atoms with Crippen LogP contribution in [0.1, 0.15) is 20.3 Å². The summed E-state index contributed by atoms with van der Waals surface area (Å²) in [5.41, 5.74) is 0. The number of hydrogen-bond acceptors (Lipinski definition) is 3. The van der Waals surface area contributed by atoms with E-state index in [0.717, 1.165) is 6.42 Å². The number of hydrogen-bond donors (Lipinski definition) is 0. The summed E-state index contributed by atoms with van der Waals surface area (Å²) in [4.78, 5) is 0. The molecule has 0 fully saturated rings. The summed E-state index contributed by atoms with van der Waals surface area (Å²) in [6.45, 7) is 4.62. The van der Waals surface area contributed by atoms with E-state index in [1.165, 1.54) is 0 Å². The highest BCUT2D eigenvalue weighted by Gasteiger charge is 2.26. The minimum atomic E-state index is -3.09. The molecule has 0 N–H and O–H groups in total. The van der Waals surface area contributed by atoms with Gasteiger partial charge in [-0.25, -0.2) is 0 Å². The van der Waals surface area contributed by atoms with Crippen LogP contribution in [0, 0.1) is 0 Å². The van der Waals surface area contributed by atoms with Crippen molar-refractivity contribution in [2.45, 2.75) is 20.3 Å². The molecule has 0 aliphatic heterocycles. The van der Waals surface area contributed by atoms with Crippen LogP contribution in [0.5, 0.6) is 0 Å². The van der Waals surface area contributed by atoms with Crippen LogP contribution in [0.4, 0.5) is 0 Å². The van der Waals surface area contributed by atoms with E-state index in [2.05, 4.69) is 0 Å². The molecule has 0 aromatic heterocycles. The van der Waals surface area contributed by atoms with Gasteiger partial charge in [0.25, 0.3) is 0 Å². The maximum atomic E-state index is 12.3. The second-order valence-corrected chi connectivity index (χ2v) is 5.11. The Morgan fingerprint density at radius 2 is 1.80 bits per heavy atom. The minimum Gasteiger partial charge on any atom is -0.305 e. The zero-order valence-electron chi connectivity index (χ0n) is 9.18. The average Bonchev–Trinajstić information content (AvgIpc) is 2.28. The predicted molar refractivity (Wildman–Crippen MR) is 61.6 cm³/mol. The first kappa shape index (κ1) is 12.4. The molecule has 1 rings (SSSR count). The van der Waals surface area contributed by atoms with Gasteiger partial charge >= 0.3 is 7.60 Å². The fourth-order valence-corrected chi connectivity index (χ4v) is 2.85. The van der Waals surface area contributed by atoms with Crippen LogP contribution in [0.2, 0.25) is 0 Å². The Kier molecular flexibility index (Phi) is 5.03. The molecular weight excluding hydrogens is 211 g/mol. The summed E-state index contributed by atoms with van der Waals surface area (Å²) < 4.78 is 22.9. The van der Waals surface area contributed by atoms with Crippen molar-refractivity contribution in [2.24, 2.45) is 0 Å². The van der Waals surface area contributed by atoms with Crippen molar-refractivity contribution in [3.05, 3.63) is 30.3 Å². The third-order valence-electron chi connectivity index (χ3n) is 1.84. The molecular formula is C11H17O3P. The van der Waals surface area contributed by atoms with Crippen LogP contribution < -0.4 is 5.30 Å². The molecule has 1 unspecified atom stereocenters. The first-order valence-corrected chi connectivity index (χ1v) is 6.72. The van der Waals surface area contributed by atoms with Crippen LogP contribution in [0.15, 0.2) is 30.3 Å². The first-order chi connectivity index (χ1) is 7.23. The van der Waals surface area contributed by atoms with Gasteiger partial charge < -0.3 is 9.05 Å². The molecule has 1 atom stereocenters. The van der Waals surface area contributed by atoms with Crippen molar-refractivity contribution in [3.63, 3.8) is 0 Å². The van der Waals surface area contributed by atoms with Gasteiger partial charge in [-0.2, -0.15) is 0 Å². The Hall–Kier alpha value is -0.630. The van der Waals surface area contributed by atoms with Gasteiger partial charge in [0.2, 0.25) is 0 Å². The fraction of sp³-hybridized carbons (Fsp3) is 0.455. The summed E-state index contributed by atoms with van der Waals surface area (Å²) in [6.07, 6.45) is 0.823. The molecule has 0 saturated carbocycles. The van der Waals surface area contributed by atoms with E-state index >= 15 is 0 Å². The SMILES string of the molecule is CCCOP(=O)(OCC)c1ccccc1. The standard InChI is InChI=1S/C11H17O3P/c1-3-10-14-15(12,13-4-2)11-8-6-5-7-9-11/h5-9H,3-4,10H2,1-2H3. The van der Waals surface area contributed by atoms with Gasteiger partial charge in [0.05, 0.1) is 18.5 Å². The van der Waals surface area contributed by atoms with Crippen LogP contribution in [0.3, 0.4) is 0 Å². The molecule has 15 heavy (non-hydrogen) atoms. The van der Waals surface area contributed by atoms with Crippen molar-refractivity contribution in [2.75, 3.05) is 13.2 Å². The van der Waals surface area contributed by atoms with E-state index in [0.29, 0.717) is 18.5 Å². The largest absolute Gasteiger partial charge is 0.361 e. The third kappa shape index (κ3) is 3.45. The second-order valence-electron chi connectivity index (χ2n) is 3.08. The molecule has 0 bridgehead atoms. The van der Waals surface area contributed by atoms with Gasteiger partial charge in [-0.1, -0.05) is 25.1 Å². The zero-order valence-corrected chi connectivity index (χ0v) is 10.1. The molecule has 4 heteroatoms. The lowest BCUT2D eigenvalue weighted by Crippen LogP contribution is -2.10. The van der Waals surface area contributed by atoms with Crippen molar-refractivity contribution in [3.8, 4) is 0 Å². The lowest BCUT2D eigenvalue weighted by molar-refractivity contribution is 0.221. The molecule has 1 aromatic carbocycles. The monoisotopic (exact) mass is 228 g/mol. The van der Waals surface area contributed by atoms with Gasteiger partial charge in [0, 0.05) is 0 Å². The molecule has 0 spiro atoms. The molecule has 0 amide bonds. The van der Waals surface area contributed by atoms with E-state index in [1.54, 1.807) is 12.1 Å². The van der Waals surface area contributed by atoms with Crippen molar-refractivity contribution < 1.29 is 13.6 Å². The van der Waals surface area contributed by atoms with Crippen LogP contribution in [-0.2, 0) is 13.6 Å². The quantitative estimate of drug-likeness (QED) is 0.702. The van der Waals surface area contributed by atoms with Gasteiger partial charge in [0.15, 0.2) is 0 Å². The molecule has 84 valence electrons. The average molecular weight is 228 g/mol. The molecule has 1 aromatic rings. The Morgan fingerprint density at radius 1 is 1.13 bits per heavy atom. The first-order valence-electron chi connectivity index (χ1n) is 5.17. The number of rotatable bonds is 6. The minimum absolute atomic E-state index is 0.385. The van der Waals surface area contributed by atoms with Crippen molar-refractivity contribution in [1.29, 1.82) is 0 Å². The molecule has 0 heterocycles. The summed E-state index contributed by atoms with van der Waals surface area (Å²) in [5, 5.41) is 0.625. The van der Waals surface area contributed by atoms with E-state index in [4.69, 9.17) is 9.05 Å². The Labute approximate surface area is 90.9 Å². The van der Waals surface area contributed by atoms with E-state index < -0.39 is 7.60 Å². The van der Waals surface area contributed by atoms with Crippen LogP contribution in [0.25, 0.3) is 0 Å². The summed E-state index contributed by atoms with van der Waals surface area (Å²) >= 11 is 0. The Balaban J connectivity index is 2.86. The van der Waals surface area contributed by atoms with Gasteiger partial charge in [-0.3, -0.25) is 4.57 Å². The van der Waals surface area contributed by atoms with Gasteiger partial charge in [0.1, 0.15) is 0 Å². The highest BCUT2D eigenvalue weighted by Crippen LogP contribution is 2.46. The van der Waals surface area contributed by atoms with Gasteiger partial charge in [-0.05, 0) is 25.5 Å². The van der Waals surface area contributed by atoms with E-state index in [9.17, 15) is 4.57 Å². The maximum absolute atomic E-state index is 12.3. The van der Waals surface area contributed by atoms with Gasteiger partial charge in [-0.15, -0.1) is 0 Å². The van der Waals surface area contributed by atoms with E-state index in [-0.39, 0.29) is 0 Å². The normalized spacial score (nSPS) is 14.8. The summed E-state index contributed by atoms with van der Waals surface area (Å²) in [7, 11) is -3.09. The lowest BCUT2D eigenvalue weighted by Gasteiger charge is -2.17. The van der Waals surface area contributed by atoms with E-state index in [1.807, 2.05) is 32.0 Å². The zero-order chi connectivity index (χ0) is 11.1. The molecule has 0 aliphatic rings.